The maximum absolute atomic E-state index is 13.9. The molecule has 0 heterocycles. The van der Waals surface area contributed by atoms with Gasteiger partial charge in [0.2, 0.25) is 11.6 Å². The zero-order valence-corrected chi connectivity index (χ0v) is 40.3. The average molecular weight is 1010 g/mol. The number of phenolic OH excluding ortho intramolecular Hbond substituents is 2. The molecule has 0 amide bonds. The molecule has 6 aromatic rings. The van der Waals surface area contributed by atoms with Crippen LogP contribution in [-0.4, -0.2) is 22.6 Å². The first kappa shape index (κ1) is 54.5. The van der Waals surface area contributed by atoms with Gasteiger partial charge in [-0.05, 0) is 45.2 Å². The van der Waals surface area contributed by atoms with Crippen LogP contribution in [-0.2, 0) is 27.9 Å². The van der Waals surface area contributed by atoms with Gasteiger partial charge in [0.15, 0.2) is 46.5 Å². The molecule has 0 spiro atoms. The Kier molecular flexibility index (Phi) is 18.5. The van der Waals surface area contributed by atoms with E-state index in [1.54, 1.807) is 24.3 Å². The molecule has 354 valence electrons. The zero-order valence-electron chi connectivity index (χ0n) is 37.2. The fourth-order valence-electron chi connectivity index (χ4n) is 6.65. The Morgan fingerprint density at radius 2 is 0.701 bits per heavy atom. The minimum atomic E-state index is -2.25. The van der Waals surface area contributed by atoms with Crippen molar-refractivity contribution in [2.45, 2.75) is 78.1 Å². The second-order valence-corrected chi connectivity index (χ2v) is 19.8. The van der Waals surface area contributed by atoms with E-state index in [-0.39, 0.29) is 45.3 Å². The fraction of sp³-hybridized carbons (Fsp3) is 0.240. The summed E-state index contributed by atoms with van der Waals surface area (Å²) in [4.78, 5) is 6.86. The molecule has 0 fully saturated rings. The standard InChI is InChI=1S/2C25H22F5NO.2ClH.Ti/c2*1-13(14-8-10-16(11-9-14)25(2,3)4)17-7-5-6-15(24(17)32)12-31-23-21(29)19(27)18(26)20(28)22(23)30;;;/h2*5-13,32H,1-4H3;2*1H;/q;;;;+2/p-2. The number of nitrogens with zero attached hydrogens (tertiary/aromatic N) is 2. The third-order valence-corrected chi connectivity index (χ3v) is 10.7. The summed E-state index contributed by atoms with van der Waals surface area (Å²) in [5.74, 6) is -21.9. The van der Waals surface area contributed by atoms with E-state index in [4.69, 9.17) is 18.6 Å². The van der Waals surface area contributed by atoms with Gasteiger partial charge in [-0.15, -0.1) is 0 Å². The van der Waals surface area contributed by atoms with Gasteiger partial charge in [0, 0.05) is 46.5 Å². The van der Waals surface area contributed by atoms with Crippen molar-refractivity contribution in [1.82, 2.24) is 0 Å². The predicted molar refractivity (Wildman–Crippen MR) is 240 cm³/mol. The van der Waals surface area contributed by atoms with Crippen LogP contribution in [0.5, 0.6) is 11.5 Å². The molecule has 0 radical (unpaired) electrons. The van der Waals surface area contributed by atoms with Gasteiger partial charge >= 0.3 is 35.6 Å². The number of aliphatic imine (C=N–C) groups is 2. The summed E-state index contributed by atoms with van der Waals surface area (Å²) in [6, 6.07) is 25.3. The van der Waals surface area contributed by atoms with E-state index < -0.39 is 86.6 Å². The first-order chi connectivity index (χ1) is 31.3. The summed E-state index contributed by atoms with van der Waals surface area (Å²) in [7, 11) is 9.78. The zero-order chi connectivity index (χ0) is 50.3. The SMILES string of the molecule is CC(c1ccc(C(C)(C)C)cc1)c1cccc(C=Nc2c(F)c(F)c(F)c(F)c2F)c1O.CC(c1ccc(C(C)(C)C)cc1)c1cccc(C=Nc2c(F)c(F)c(F)c(F)c2F)c1O.[Cl][Ti][Cl]. The molecule has 2 N–H and O–H groups in total. The van der Waals surface area contributed by atoms with E-state index in [1.165, 1.54) is 12.1 Å². The van der Waals surface area contributed by atoms with Gasteiger partial charge in [0.05, 0.1) is 0 Å². The fourth-order valence-corrected chi connectivity index (χ4v) is 6.65. The molecule has 6 aromatic carbocycles. The van der Waals surface area contributed by atoms with Crippen molar-refractivity contribution < 1.29 is 71.1 Å². The van der Waals surface area contributed by atoms with Crippen molar-refractivity contribution in [2.24, 2.45) is 9.98 Å². The summed E-state index contributed by atoms with van der Waals surface area (Å²) >= 11 is -0.556. The van der Waals surface area contributed by atoms with Crippen LogP contribution in [0.25, 0.3) is 0 Å². The van der Waals surface area contributed by atoms with Crippen LogP contribution in [0.2, 0.25) is 0 Å². The number of halogens is 12. The van der Waals surface area contributed by atoms with Crippen LogP contribution in [0.4, 0.5) is 55.3 Å². The molecule has 0 saturated heterocycles. The van der Waals surface area contributed by atoms with Gasteiger partial charge in [-0.3, -0.25) is 0 Å². The number of benzene rings is 6. The topological polar surface area (TPSA) is 65.2 Å². The molecule has 17 heteroatoms. The van der Waals surface area contributed by atoms with Crippen LogP contribution in [0.3, 0.4) is 0 Å². The summed E-state index contributed by atoms with van der Waals surface area (Å²) < 4.78 is 135. The Balaban J connectivity index is 0.000000276. The molecule has 67 heavy (non-hydrogen) atoms. The number of phenols is 2. The van der Waals surface area contributed by atoms with Crippen LogP contribution in [0.1, 0.15) is 112 Å². The number of hydrogen-bond acceptors (Lipinski definition) is 4. The molecule has 2 unspecified atom stereocenters. The normalized spacial score (nSPS) is 12.7. The number of para-hydroxylation sites is 2. The minimum absolute atomic E-state index is 0.00978. The Morgan fingerprint density at radius 3 is 0.955 bits per heavy atom. The monoisotopic (exact) mass is 1010 g/mol. The number of aromatic hydroxyl groups is 2. The van der Waals surface area contributed by atoms with E-state index >= 15 is 0 Å². The van der Waals surface area contributed by atoms with Crippen LogP contribution < -0.4 is 0 Å². The van der Waals surface area contributed by atoms with Crippen molar-refractivity contribution in [3.05, 3.63) is 188 Å². The summed E-state index contributed by atoms with van der Waals surface area (Å²) in [6.45, 7) is 16.4. The van der Waals surface area contributed by atoms with E-state index in [9.17, 15) is 54.1 Å². The van der Waals surface area contributed by atoms with Gasteiger partial charge in [0.25, 0.3) is 0 Å². The molecule has 2 atom stereocenters. The predicted octanol–water partition coefficient (Wildman–Crippen LogP) is 16.0. The third-order valence-electron chi connectivity index (χ3n) is 10.7. The van der Waals surface area contributed by atoms with E-state index in [0.29, 0.717) is 11.1 Å². The second-order valence-electron chi connectivity index (χ2n) is 17.2. The molecule has 0 aromatic heterocycles. The molecule has 0 aliphatic heterocycles. The quantitative estimate of drug-likeness (QED) is 0.0525. The molecular weight excluding hydrogens is 969 g/mol. The van der Waals surface area contributed by atoms with Gasteiger partial charge in [-0.1, -0.05) is 128 Å². The first-order valence-corrected chi connectivity index (χ1v) is 24.5. The Morgan fingerprint density at radius 1 is 0.448 bits per heavy atom. The van der Waals surface area contributed by atoms with Crippen LogP contribution in [0.15, 0.2) is 94.9 Å². The second kappa shape index (κ2) is 22.8. The van der Waals surface area contributed by atoms with Crippen LogP contribution >= 0.6 is 18.6 Å². The van der Waals surface area contributed by atoms with E-state index in [2.05, 4.69) is 51.5 Å². The average Bonchev–Trinajstić information content (AvgIpc) is 3.29. The molecule has 0 bridgehead atoms. The molecule has 6 rings (SSSR count). The summed E-state index contributed by atoms with van der Waals surface area (Å²) in [5, 5.41) is 21.4. The van der Waals surface area contributed by atoms with E-state index in [1.807, 2.05) is 62.4 Å². The third kappa shape index (κ3) is 12.7. The van der Waals surface area contributed by atoms with Gasteiger partial charge < -0.3 is 10.2 Å². The molecular formula is C50H44Cl2F10N2O2Ti. The van der Waals surface area contributed by atoms with E-state index in [0.717, 1.165) is 34.7 Å². The Labute approximate surface area is 398 Å². The number of hydrogen-bond donors (Lipinski definition) is 2. The molecule has 0 saturated carbocycles. The van der Waals surface area contributed by atoms with Crippen molar-refractivity contribution in [3.63, 3.8) is 0 Å². The first-order valence-electron chi connectivity index (χ1n) is 20.2. The Bertz CT molecular complexity index is 2530. The van der Waals surface area contributed by atoms with Gasteiger partial charge in [-0.25, -0.2) is 53.9 Å². The van der Waals surface area contributed by atoms with Crippen LogP contribution in [0, 0.1) is 58.2 Å². The molecule has 0 aliphatic rings. The molecule has 4 nitrogen and oxygen atoms in total. The Hall–Kier alpha value is -5.15. The summed E-state index contributed by atoms with van der Waals surface area (Å²) in [5.41, 5.74) is 2.70. The van der Waals surface area contributed by atoms with Crippen molar-refractivity contribution in [3.8, 4) is 11.5 Å². The van der Waals surface area contributed by atoms with Crippen molar-refractivity contribution in [1.29, 1.82) is 0 Å². The summed E-state index contributed by atoms with van der Waals surface area (Å²) in [6.07, 6.45) is 1.74. The van der Waals surface area contributed by atoms with Gasteiger partial charge in [0.1, 0.15) is 22.9 Å². The maximum atomic E-state index is 13.9. The number of rotatable bonds is 8. The van der Waals surface area contributed by atoms with Crippen molar-refractivity contribution >= 4 is 42.4 Å². The molecule has 0 aliphatic carbocycles. The van der Waals surface area contributed by atoms with Gasteiger partial charge in [-0.2, -0.15) is 0 Å². The van der Waals surface area contributed by atoms with Crippen molar-refractivity contribution in [2.75, 3.05) is 0 Å².